The van der Waals surface area contributed by atoms with Crippen molar-refractivity contribution >= 4 is 17.6 Å². The number of rotatable bonds is 4. The molecule has 0 radical (unpaired) electrons. The van der Waals surface area contributed by atoms with Gasteiger partial charge >= 0.3 is 5.97 Å². The Bertz CT molecular complexity index is 710. The average molecular weight is 300 g/mol. The van der Waals surface area contributed by atoms with Gasteiger partial charge < -0.3 is 10.0 Å². The Morgan fingerprint density at radius 3 is 2.91 bits per heavy atom. The highest BCUT2D eigenvalue weighted by Crippen LogP contribution is 2.26. The molecule has 1 aromatic carbocycles. The zero-order valence-electron chi connectivity index (χ0n) is 12.0. The molecule has 1 amide bonds. The molecule has 0 atom stereocenters. The molecular weight excluding hydrogens is 284 g/mol. The summed E-state index contributed by atoms with van der Waals surface area (Å²) in [6.07, 6.45) is 3.07. The van der Waals surface area contributed by atoms with Crippen LogP contribution in [0.1, 0.15) is 17.7 Å². The van der Waals surface area contributed by atoms with E-state index < -0.39 is 5.97 Å². The molecule has 1 aromatic heterocycles. The Labute approximate surface area is 127 Å². The van der Waals surface area contributed by atoms with E-state index in [0.29, 0.717) is 12.2 Å². The molecule has 3 rings (SSSR count). The van der Waals surface area contributed by atoms with Crippen molar-refractivity contribution in [3.63, 3.8) is 0 Å². The van der Waals surface area contributed by atoms with Crippen molar-refractivity contribution < 1.29 is 14.7 Å². The maximum absolute atomic E-state index is 12.6. The minimum atomic E-state index is -0.973. The first-order valence-corrected chi connectivity index (χ1v) is 7.12. The molecule has 0 spiro atoms. The fourth-order valence-corrected chi connectivity index (χ4v) is 2.71. The number of hydrogen-bond donors (Lipinski definition) is 1. The van der Waals surface area contributed by atoms with Crippen molar-refractivity contribution in [3.05, 3.63) is 41.7 Å². The number of hydrogen-bond acceptors (Lipinski definition) is 4. The molecule has 0 saturated heterocycles. The summed E-state index contributed by atoms with van der Waals surface area (Å²) in [5, 5.41) is 16.4. The maximum Gasteiger partial charge on any atom is 0.309 e. The molecule has 0 fully saturated rings. The Balaban J connectivity index is 1.79. The lowest BCUT2D eigenvalue weighted by molar-refractivity contribution is -0.136. The number of anilines is 1. The standard InChI is InChI=1S/C15H16N4O3/c20-14(10-19-12(8-15(21)22)9-16-17-19)18-7-3-5-11-4-1-2-6-13(11)18/h1-2,4,6,9H,3,5,7-8,10H2,(H,21,22). The predicted octanol–water partition coefficient (Wildman–Crippen LogP) is 0.885. The SMILES string of the molecule is O=C(O)Cc1cnnn1CC(=O)N1CCCc2ccccc21. The van der Waals surface area contributed by atoms with Gasteiger partial charge in [0.05, 0.1) is 18.3 Å². The lowest BCUT2D eigenvalue weighted by Crippen LogP contribution is -2.38. The van der Waals surface area contributed by atoms with Crippen LogP contribution in [0.25, 0.3) is 0 Å². The first-order chi connectivity index (χ1) is 10.6. The van der Waals surface area contributed by atoms with Crippen molar-refractivity contribution in [3.8, 4) is 0 Å². The third kappa shape index (κ3) is 2.83. The van der Waals surface area contributed by atoms with Gasteiger partial charge in [-0.05, 0) is 24.5 Å². The summed E-state index contributed by atoms with van der Waals surface area (Å²) < 4.78 is 1.35. The van der Waals surface area contributed by atoms with Crippen LogP contribution in [-0.4, -0.2) is 38.5 Å². The Morgan fingerprint density at radius 1 is 1.27 bits per heavy atom. The number of nitrogens with zero attached hydrogens (tertiary/aromatic N) is 4. The van der Waals surface area contributed by atoms with Gasteiger partial charge in [-0.15, -0.1) is 5.10 Å². The number of carbonyl (C=O) groups excluding carboxylic acids is 1. The van der Waals surface area contributed by atoms with Crippen molar-refractivity contribution in [2.45, 2.75) is 25.8 Å². The second-order valence-corrected chi connectivity index (χ2v) is 5.23. The number of carboxylic acid groups (broad SMARTS) is 1. The molecule has 1 aliphatic heterocycles. The Morgan fingerprint density at radius 2 is 2.09 bits per heavy atom. The van der Waals surface area contributed by atoms with Crippen LogP contribution in [0.5, 0.6) is 0 Å². The Kier molecular flexibility index (Phi) is 3.86. The number of carbonyl (C=O) groups is 2. The second-order valence-electron chi connectivity index (χ2n) is 5.23. The number of aromatic nitrogens is 3. The number of aliphatic carboxylic acids is 1. The summed E-state index contributed by atoms with van der Waals surface area (Å²) in [5.74, 6) is -1.08. The van der Waals surface area contributed by atoms with Crippen LogP contribution in [0.3, 0.4) is 0 Å². The normalized spacial score (nSPS) is 13.7. The van der Waals surface area contributed by atoms with Crippen LogP contribution in [0, 0.1) is 0 Å². The van der Waals surface area contributed by atoms with Gasteiger partial charge in [0.2, 0.25) is 5.91 Å². The molecule has 7 nitrogen and oxygen atoms in total. The quantitative estimate of drug-likeness (QED) is 0.905. The fraction of sp³-hybridized carbons (Fsp3) is 0.333. The van der Waals surface area contributed by atoms with E-state index in [1.807, 2.05) is 24.3 Å². The highest BCUT2D eigenvalue weighted by atomic mass is 16.4. The number of carboxylic acids is 1. The van der Waals surface area contributed by atoms with E-state index in [1.165, 1.54) is 10.9 Å². The van der Waals surface area contributed by atoms with Gasteiger partial charge in [-0.2, -0.15) is 0 Å². The minimum Gasteiger partial charge on any atom is -0.481 e. The van der Waals surface area contributed by atoms with E-state index >= 15 is 0 Å². The van der Waals surface area contributed by atoms with Gasteiger partial charge in [-0.1, -0.05) is 23.4 Å². The molecule has 0 bridgehead atoms. The minimum absolute atomic E-state index is 0.00303. The molecule has 1 N–H and O–H groups in total. The summed E-state index contributed by atoms with van der Waals surface area (Å²) >= 11 is 0. The van der Waals surface area contributed by atoms with Gasteiger partial charge in [0.25, 0.3) is 0 Å². The first kappa shape index (κ1) is 14.2. The fourth-order valence-electron chi connectivity index (χ4n) is 2.71. The van der Waals surface area contributed by atoms with E-state index in [-0.39, 0.29) is 18.9 Å². The van der Waals surface area contributed by atoms with E-state index in [1.54, 1.807) is 4.90 Å². The van der Waals surface area contributed by atoms with Gasteiger partial charge in [-0.25, -0.2) is 4.68 Å². The van der Waals surface area contributed by atoms with Crippen molar-refractivity contribution in [2.75, 3.05) is 11.4 Å². The van der Waals surface area contributed by atoms with Crippen LogP contribution in [0.2, 0.25) is 0 Å². The lowest BCUT2D eigenvalue weighted by atomic mass is 10.0. The number of para-hydroxylation sites is 1. The van der Waals surface area contributed by atoms with E-state index in [4.69, 9.17) is 5.11 Å². The topological polar surface area (TPSA) is 88.3 Å². The second kappa shape index (κ2) is 5.97. The van der Waals surface area contributed by atoms with E-state index in [0.717, 1.165) is 24.1 Å². The predicted molar refractivity (Wildman–Crippen MR) is 78.5 cm³/mol. The smallest absolute Gasteiger partial charge is 0.309 e. The van der Waals surface area contributed by atoms with Crippen LogP contribution < -0.4 is 4.90 Å². The maximum atomic E-state index is 12.6. The molecular formula is C15H16N4O3. The third-order valence-electron chi connectivity index (χ3n) is 3.73. The number of aryl methyl sites for hydroxylation is 1. The van der Waals surface area contributed by atoms with Crippen molar-refractivity contribution in [1.29, 1.82) is 0 Å². The Hall–Kier alpha value is -2.70. The monoisotopic (exact) mass is 300 g/mol. The molecule has 2 aromatic rings. The summed E-state index contributed by atoms with van der Waals surface area (Å²) in [6.45, 7) is 0.662. The zero-order valence-corrected chi connectivity index (χ0v) is 12.0. The van der Waals surface area contributed by atoms with Crippen molar-refractivity contribution in [2.24, 2.45) is 0 Å². The molecule has 0 saturated carbocycles. The third-order valence-corrected chi connectivity index (χ3v) is 3.73. The number of amides is 1. The van der Waals surface area contributed by atoms with Crippen LogP contribution in [-0.2, 0) is 29.0 Å². The summed E-state index contributed by atoms with van der Waals surface area (Å²) in [7, 11) is 0. The summed E-state index contributed by atoms with van der Waals surface area (Å²) in [4.78, 5) is 25.1. The highest BCUT2D eigenvalue weighted by molar-refractivity contribution is 5.94. The molecule has 1 aliphatic rings. The molecule has 0 unspecified atom stereocenters. The largest absolute Gasteiger partial charge is 0.481 e. The molecule has 2 heterocycles. The van der Waals surface area contributed by atoms with Crippen LogP contribution >= 0.6 is 0 Å². The highest BCUT2D eigenvalue weighted by Gasteiger charge is 2.23. The van der Waals surface area contributed by atoms with Gasteiger partial charge in [0, 0.05) is 12.2 Å². The molecule has 114 valence electrons. The number of fused-ring (bicyclic) bond motifs is 1. The molecule has 7 heteroatoms. The van der Waals surface area contributed by atoms with Gasteiger partial charge in [-0.3, -0.25) is 9.59 Å². The molecule has 0 aliphatic carbocycles. The summed E-state index contributed by atoms with van der Waals surface area (Å²) in [6, 6.07) is 7.84. The van der Waals surface area contributed by atoms with E-state index in [9.17, 15) is 9.59 Å². The van der Waals surface area contributed by atoms with Crippen molar-refractivity contribution in [1.82, 2.24) is 15.0 Å². The van der Waals surface area contributed by atoms with Gasteiger partial charge in [0.15, 0.2) is 0 Å². The zero-order chi connectivity index (χ0) is 15.5. The van der Waals surface area contributed by atoms with Crippen LogP contribution in [0.4, 0.5) is 5.69 Å². The first-order valence-electron chi connectivity index (χ1n) is 7.12. The summed E-state index contributed by atoms with van der Waals surface area (Å²) in [5.41, 5.74) is 2.51. The number of benzene rings is 1. The van der Waals surface area contributed by atoms with Crippen LogP contribution in [0.15, 0.2) is 30.5 Å². The van der Waals surface area contributed by atoms with E-state index in [2.05, 4.69) is 10.3 Å². The average Bonchev–Trinajstić information content (AvgIpc) is 2.93. The van der Waals surface area contributed by atoms with Gasteiger partial charge in [0.1, 0.15) is 6.54 Å². The lowest BCUT2D eigenvalue weighted by Gasteiger charge is -2.29. The molecule has 22 heavy (non-hydrogen) atoms.